The summed E-state index contributed by atoms with van der Waals surface area (Å²) in [5, 5.41) is 0. The number of nitrogens with zero attached hydrogens (tertiary/aromatic N) is 2. The topological polar surface area (TPSA) is 19.6 Å². The molecule has 2 aromatic rings. The lowest BCUT2D eigenvalue weighted by Gasteiger charge is -2.25. The molecule has 3 nitrogen and oxygen atoms in total. The molecule has 1 aromatic heterocycles. The number of fused-ring (bicyclic) bond motifs is 1. The molecule has 0 radical (unpaired) electrons. The molecule has 0 saturated heterocycles. The van der Waals surface area contributed by atoms with Gasteiger partial charge < -0.3 is 9.32 Å². The third kappa shape index (κ3) is 3.11. The lowest BCUT2D eigenvalue weighted by Crippen LogP contribution is -2.29. The maximum absolute atomic E-state index is 5.95. The molecule has 0 fully saturated rings. The van der Waals surface area contributed by atoms with Crippen LogP contribution in [0.5, 0.6) is 0 Å². The molecule has 20 heavy (non-hydrogen) atoms. The molecule has 3 rings (SSSR count). The average molecular weight is 270 g/mol. The van der Waals surface area contributed by atoms with E-state index in [-0.39, 0.29) is 0 Å². The maximum Gasteiger partial charge on any atom is 0.118 e. The van der Waals surface area contributed by atoms with Crippen molar-refractivity contribution in [2.45, 2.75) is 26.1 Å². The first-order valence-electron chi connectivity index (χ1n) is 7.22. The predicted molar refractivity (Wildman–Crippen MR) is 80.4 cm³/mol. The first-order valence-corrected chi connectivity index (χ1v) is 7.22. The highest BCUT2D eigenvalue weighted by molar-refractivity contribution is 5.25. The van der Waals surface area contributed by atoms with E-state index in [0.29, 0.717) is 0 Å². The van der Waals surface area contributed by atoms with Gasteiger partial charge in [0.25, 0.3) is 0 Å². The quantitative estimate of drug-likeness (QED) is 0.851. The zero-order chi connectivity index (χ0) is 13.9. The molecule has 3 heteroatoms. The van der Waals surface area contributed by atoms with Gasteiger partial charge in [-0.05, 0) is 25.7 Å². The molecule has 0 atom stereocenters. The Morgan fingerprint density at radius 3 is 2.75 bits per heavy atom. The van der Waals surface area contributed by atoms with Crippen LogP contribution in [0.2, 0.25) is 0 Å². The smallest absolute Gasteiger partial charge is 0.118 e. The van der Waals surface area contributed by atoms with Crippen molar-refractivity contribution in [1.29, 1.82) is 0 Å². The standard InChI is InChI=1S/C17H22N2O/c1-18(2)13-16-10-15-12-19(9-8-17(15)20-16)11-14-6-4-3-5-7-14/h3-7,10H,8-9,11-13H2,1-2H3. The van der Waals surface area contributed by atoms with Crippen molar-refractivity contribution in [1.82, 2.24) is 9.80 Å². The van der Waals surface area contributed by atoms with Gasteiger partial charge in [-0.15, -0.1) is 0 Å². The Morgan fingerprint density at radius 1 is 1.20 bits per heavy atom. The van der Waals surface area contributed by atoms with Crippen molar-refractivity contribution < 1.29 is 4.42 Å². The van der Waals surface area contributed by atoms with Gasteiger partial charge in [0.1, 0.15) is 11.5 Å². The molecule has 2 heterocycles. The van der Waals surface area contributed by atoms with E-state index in [1.807, 2.05) is 0 Å². The summed E-state index contributed by atoms with van der Waals surface area (Å²) < 4.78 is 5.95. The number of hydrogen-bond acceptors (Lipinski definition) is 3. The minimum absolute atomic E-state index is 0.881. The van der Waals surface area contributed by atoms with Gasteiger partial charge in [-0.3, -0.25) is 4.90 Å². The highest BCUT2D eigenvalue weighted by Crippen LogP contribution is 2.24. The van der Waals surface area contributed by atoms with Crippen molar-refractivity contribution >= 4 is 0 Å². The fourth-order valence-electron chi connectivity index (χ4n) is 2.82. The second-order valence-corrected chi connectivity index (χ2v) is 5.85. The summed E-state index contributed by atoms with van der Waals surface area (Å²) in [6.07, 6.45) is 1.02. The summed E-state index contributed by atoms with van der Waals surface area (Å²) in [6, 6.07) is 12.9. The Kier molecular flexibility index (Phi) is 3.90. The summed E-state index contributed by atoms with van der Waals surface area (Å²) >= 11 is 0. The van der Waals surface area contributed by atoms with Crippen molar-refractivity contribution in [3.05, 3.63) is 59.0 Å². The molecule has 0 N–H and O–H groups in total. The van der Waals surface area contributed by atoms with Crippen LogP contribution in [0.1, 0.15) is 22.6 Å². The van der Waals surface area contributed by atoms with Crippen LogP contribution in [0.4, 0.5) is 0 Å². The predicted octanol–water partition coefficient (Wildman–Crippen LogP) is 2.90. The van der Waals surface area contributed by atoms with Gasteiger partial charge in [0.05, 0.1) is 6.54 Å². The summed E-state index contributed by atoms with van der Waals surface area (Å²) in [5.74, 6) is 2.27. The minimum Gasteiger partial charge on any atom is -0.464 e. The van der Waals surface area contributed by atoms with Crippen molar-refractivity contribution in [2.75, 3.05) is 20.6 Å². The van der Waals surface area contributed by atoms with Crippen molar-refractivity contribution in [2.24, 2.45) is 0 Å². The molecule has 106 valence electrons. The molecule has 0 unspecified atom stereocenters. The molecule has 1 aromatic carbocycles. The molecule has 0 aliphatic carbocycles. The fourth-order valence-corrected chi connectivity index (χ4v) is 2.82. The first-order chi connectivity index (χ1) is 9.70. The summed E-state index contributed by atoms with van der Waals surface area (Å²) in [4.78, 5) is 4.64. The molecule has 1 aliphatic heterocycles. The van der Waals surface area contributed by atoms with Crippen LogP contribution in [0, 0.1) is 0 Å². The second kappa shape index (κ2) is 5.81. The van der Waals surface area contributed by atoms with Gasteiger partial charge in [0.2, 0.25) is 0 Å². The highest BCUT2D eigenvalue weighted by Gasteiger charge is 2.20. The van der Waals surface area contributed by atoms with E-state index in [0.717, 1.165) is 38.4 Å². The molecule has 0 saturated carbocycles. The van der Waals surface area contributed by atoms with Crippen LogP contribution in [0.15, 0.2) is 40.8 Å². The van der Waals surface area contributed by atoms with Gasteiger partial charge in [0, 0.05) is 31.6 Å². The monoisotopic (exact) mass is 270 g/mol. The molecular formula is C17H22N2O. The third-order valence-corrected chi connectivity index (χ3v) is 3.72. The number of hydrogen-bond donors (Lipinski definition) is 0. The van der Waals surface area contributed by atoms with Crippen LogP contribution in [0.25, 0.3) is 0 Å². The van der Waals surface area contributed by atoms with E-state index in [9.17, 15) is 0 Å². The third-order valence-electron chi connectivity index (χ3n) is 3.72. The largest absolute Gasteiger partial charge is 0.464 e. The molecule has 0 bridgehead atoms. The van der Waals surface area contributed by atoms with E-state index in [4.69, 9.17) is 4.42 Å². The van der Waals surface area contributed by atoms with Crippen molar-refractivity contribution in [3.8, 4) is 0 Å². The first kappa shape index (κ1) is 13.4. The fraction of sp³-hybridized carbons (Fsp3) is 0.412. The average Bonchev–Trinajstić information content (AvgIpc) is 2.80. The summed E-state index contributed by atoms with van der Waals surface area (Å²) in [6.45, 7) is 3.98. The summed E-state index contributed by atoms with van der Waals surface area (Å²) in [7, 11) is 4.15. The molecule has 0 spiro atoms. The Bertz CT molecular complexity index is 560. The van der Waals surface area contributed by atoms with E-state index < -0.39 is 0 Å². The van der Waals surface area contributed by atoms with Gasteiger partial charge in [-0.1, -0.05) is 30.3 Å². The molecule has 0 amide bonds. The second-order valence-electron chi connectivity index (χ2n) is 5.85. The minimum atomic E-state index is 0.881. The Morgan fingerprint density at radius 2 is 2.00 bits per heavy atom. The van der Waals surface area contributed by atoms with Gasteiger partial charge in [0.15, 0.2) is 0 Å². The van der Waals surface area contributed by atoms with Crippen LogP contribution in [0.3, 0.4) is 0 Å². The van der Waals surface area contributed by atoms with E-state index in [2.05, 4.69) is 60.3 Å². The van der Waals surface area contributed by atoms with Gasteiger partial charge in [-0.2, -0.15) is 0 Å². The van der Waals surface area contributed by atoms with E-state index >= 15 is 0 Å². The number of rotatable bonds is 4. The van der Waals surface area contributed by atoms with Gasteiger partial charge >= 0.3 is 0 Å². The normalized spacial score (nSPS) is 15.6. The Hall–Kier alpha value is -1.58. The number of furan rings is 1. The molecule has 1 aliphatic rings. The van der Waals surface area contributed by atoms with Crippen LogP contribution >= 0.6 is 0 Å². The zero-order valence-corrected chi connectivity index (χ0v) is 12.3. The van der Waals surface area contributed by atoms with Crippen LogP contribution in [-0.4, -0.2) is 30.4 Å². The maximum atomic E-state index is 5.95. The lowest BCUT2D eigenvalue weighted by atomic mass is 10.1. The van der Waals surface area contributed by atoms with Crippen molar-refractivity contribution in [3.63, 3.8) is 0 Å². The highest BCUT2D eigenvalue weighted by atomic mass is 16.3. The van der Waals surface area contributed by atoms with E-state index in [1.165, 1.54) is 16.9 Å². The lowest BCUT2D eigenvalue weighted by molar-refractivity contribution is 0.231. The Balaban J connectivity index is 1.67. The summed E-state index contributed by atoms with van der Waals surface area (Å²) in [5.41, 5.74) is 2.75. The Labute approximate surface area is 120 Å². The zero-order valence-electron chi connectivity index (χ0n) is 12.3. The van der Waals surface area contributed by atoms with Gasteiger partial charge in [-0.25, -0.2) is 0 Å². The van der Waals surface area contributed by atoms with Crippen LogP contribution < -0.4 is 0 Å². The SMILES string of the molecule is CN(C)Cc1cc2c(o1)CCN(Cc1ccccc1)C2. The molecular weight excluding hydrogens is 248 g/mol. The van der Waals surface area contributed by atoms with Crippen LogP contribution in [-0.2, 0) is 26.1 Å². The van der Waals surface area contributed by atoms with E-state index in [1.54, 1.807) is 0 Å². The number of benzene rings is 1.